The highest BCUT2D eigenvalue weighted by molar-refractivity contribution is 9.10. The number of rotatable bonds is 1. The van der Waals surface area contributed by atoms with E-state index >= 15 is 0 Å². The van der Waals surface area contributed by atoms with Crippen LogP contribution in [0.25, 0.3) is 0 Å². The number of amides is 1. The van der Waals surface area contributed by atoms with Crippen molar-refractivity contribution in [1.82, 2.24) is 10.2 Å². The van der Waals surface area contributed by atoms with Crippen LogP contribution in [0.4, 0.5) is 4.39 Å². The molecule has 1 aliphatic rings. The van der Waals surface area contributed by atoms with Crippen molar-refractivity contribution in [2.45, 2.75) is 13.0 Å². The second kappa shape index (κ2) is 5.14. The summed E-state index contributed by atoms with van der Waals surface area (Å²) in [4.78, 5) is 14.0. The van der Waals surface area contributed by atoms with Crippen LogP contribution >= 0.6 is 15.9 Å². The Balaban J connectivity index is 2.21. The Bertz CT molecular complexity index is 439. The van der Waals surface area contributed by atoms with E-state index in [1.54, 1.807) is 11.0 Å². The van der Waals surface area contributed by atoms with Gasteiger partial charge in [0.15, 0.2) is 0 Å². The zero-order valence-corrected chi connectivity index (χ0v) is 11.1. The number of nitrogens with one attached hydrogen (secondary N) is 1. The number of nitrogens with zero attached hydrogens (tertiary/aromatic N) is 1. The van der Waals surface area contributed by atoms with Crippen molar-refractivity contribution in [3.63, 3.8) is 0 Å². The maximum absolute atomic E-state index is 13.1. The Morgan fingerprint density at radius 2 is 2.35 bits per heavy atom. The van der Waals surface area contributed by atoms with Crippen molar-refractivity contribution in [2.75, 3.05) is 19.6 Å². The molecule has 1 aromatic rings. The van der Waals surface area contributed by atoms with Crippen LogP contribution in [0.3, 0.4) is 0 Å². The Labute approximate surface area is 108 Å². The number of carbonyl (C=O) groups excluding carboxylic acids is 1. The average molecular weight is 301 g/mol. The summed E-state index contributed by atoms with van der Waals surface area (Å²) in [7, 11) is 0. The number of benzene rings is 1. The molecule has 0 spiro atoms. The smallest absolute Gasteiger partial charge is 0.255 e. The highest BCUT2D eigenvalue weighted by Crippen LogP contribution is 2.20. The van der Waals surface area contributed by atoms with Gasteiger partial charge < -0.3 is 10.2 Å². The molecule has 1 aliphatic heterocycles. The molecule has 0 radical (unpaired) electrons. The largest absolute Gasteiger partial charge is 0.336 e. The van der Waals surface area contributed by atoms with E-state index in [2.05, 4.69) is 21.2 Å². The summed E-state index contributed by atoms with van der Waals surface area (Å²) in [6.45, 7) is 4.12. The fourth-order valence-electron chi connectivity index (χ4n) is 1.95. The Morgan fingerprint density at radius 3 is 3.06 bits per heavy atom. The fraction of sp³-hybridized carbons (Fsp3) is 0.417. The summed E-state index contributed by atoms with van der Waals surface area (Å²) in [5.74, 6) is -0.510. The van der Waals surface area contributed by atoms with E-state index in [4.69, 9.17) is 0 Å². The third kappa shape index (κ3) is 2.84. The monoisotopic (exact) mass is 300 g/mol. The molecule has 0 unspecified atom stereocenters. The molecule has 17 heavy (non-hydrogen) atoms. The molecule has 92 valence electrons. The zero-order chi connectivity index (χ0) is 12.4. The molecule has 5 heteroatoms. The second-order valence-electron chi connectivity index (χ2n) is 4.23. The lowest BCUT2D eigenvalue weighted by Crippen LogP contribution is -2.51. The van der Waals surface area contributed by atoms with Crippen LogP contribution in [-0.4, -0.2) is 36.5 Å². The van der Waals surface area contributed by atoms with Crippen LogP contribution in [0.5, 0.6) is 0 Å². The molecule has 1 saturated heterocycles. The topological polar surface area (TPSA) is 32.3 Å². The quantitative estimate of drug-likeness (QED) is 0.861. The molecule has 1 fully saturated rings. The van der Waals surface area contributed by atoms with Crippen LogP contribution in [0.1, 0.15) is 17.3 Å². The van der Waals surface area contributed by atoms with Gasteiger partial charge in [-0.3, -0.25) is 4.79 Å². The number of halogens is 2. The van der Waals surface area contributed by atoms with Gasteiger partial charge in [-0.1, -0.05) is 0 Å². The lowest BCUT2D eigenvalue weighted by atomic mass is 10.1. The summed E-state index contributed by atoms with van der Waals surface area (Å²) in [6.07, 6.45) is 0. The Morgan fingerprint density at radius 1 is 1.59 bits per heavy atom. The van der Waals surface area contributed by atoms with Gasteiger partial charge in [-0.25, -0.2) is 4.39 Å². The van der Waals surface area contributed by atoms with E-state index in [-0.39, 0.29) is 17.8 Å². The Kier molecular flexibility index (Phi) is 3.79. The molecule has 1 atom stereocenters. The van der Waals surface area contributed by atoms with Crippen LogP contribution < -0.4 is 5.32 Å². The second-order valence-corrected chi connectivity index (χ2v) is 5.08. The lowest BCUT2D eigenvalue weighted by molar-refractivity contribution is 0.0707. The van der Waals surface area contributed by atoms with Gasteiger partial charge in [-0.05, 0) is 41.1 Å². The first-order valence-electron chi connectivity index (χ1n) is 5.55. The molecule has 0 saturated carbocycles. The molecule has 2 rings (SSSR count). The predicted octanol–water partition coefficient (Wildman–Crippen LogP) is 2.02. The third-order valence-corrected chi connectivity index (χ3v) is 3.51. The number of carbonyl (C=O) groups is 1. The molecule has 1 N–H and O–H groups in total. The number of hydrogen-bond acceptors (Lipinski definition) is 2. The van der Waals surface area contributed by atoms with E-state index in [9.17, 15) is 9.18 Å². The van der Waals surface area contributed by atoms with Crippen LogP contribution in [-0.2, 0) is 0 Å². The van der Waals surface area contributed by atoms with E-state index < -0.39 is 0 Å². The van der Waals surface area contributed by atoms with E-state index in [0.717, 1.165) is 6.54 Å². The lowest BCUT2D eigenvalue weighted by Gasteiger charge is -2.32. The third-order valence-electron chi connectivity index (χ3n) is 2.81. The van der Waals surface area contributed by atoms with Gasteiger partial charge in [0.05, 0.1) is 5.56 Å². The molecule has 1 heterocycles. The van der Waals surface area contributed by atoms with Gasteiger partial charge in [0, 0.05) is 30.1 Å². The summed E-state index contributed by atoms with van der Waals surface area (Å²) >= 11 is 3.28. The van der Waals surface area contributed by atoms with Gasteiger partial charge in [-0.15, -0.1) is 0 Å². The molecule has 0 aromatic heterocycles. The first-order chi connectivity index (χ1) is 8.08. The van der Waals surface area contributed by atoms with E-state index in [1.165, 1.54) is 12.1 Å². The highest BCUT2D eigenvalue weighted by atomic mass is 79.9. The SMILES string of the molecule is C[C@H]1CN(C(=O)c2cc(F)ccc2Br)CCN1. The summed E-state index contributed by atoms with van der Waals surface area (Å²) in [6, 6.07) is 4.45. The molecule has 0 aliphatic carbocycles. The maximum atomic E-state index is 13.1. The van der Waals surface area contributed by atoms with Crippen molar-refractivity contribution >= 4 is 21.8 Å². The standard InChI is InChI=1S/C12H14BrFN2O/c1-8-7-16(5-4-15-8)12(17)10-6-9(14)2-3-11(10)13/h2-3,6,8,15H,4-5,7H2,1H3/t8-/m0/s1. The molecule has 0 bridgehead atoms. The van der Waals surface area contributed by atoms with Gasteiger partial charge in [0.2, 0.25) is 0 Å². The first kappa shape index (κ1) is 12.5. The predicted molar refractivity (Wildman–Crippen MR) is 67.5 cm³/mol. The normalized spacial score (nSPS) is 20.4. The van der Waals surface area contributed by atoms with Crippen LogP contribution in [0.15, 0.2) is 22.7 Å². The van der Waals surface area contributed by atoms with E-state index in [1.807, 2.05) is 6.92 Å². The number of hydrogen-bond donors (Lipinski definition) is 1. The van der Waals surface area contributed by atoms with Crippen molar-refractivity contribution in [2.24, 2.45) is 0 Å². The highest BCUT2D eigenvalue weighted by Gasteiger charge is 2.23. The van der Waals surface area contributed by atoms with Gasteiger partial charge in [-0.2, -0.15) is 0 Å². The zero-order valence-electron chi connectivity index (χ0n) is 9.54. The van der Waals surface area contributed by atoms with Gasteiger partial charge >= 0.3 is 0 Å². The Hall–Kier alpha value is -0.940. The van der Waals surface area contributed by atoms with Gasteiger partial charge in [0.25, 0.3) is 5.91 Å². The average Bonchev–Trinajstić information content (AvgIpc) is 2.31. The van der Waals surface area contributed by atoms with Crippen LogP contribution in [0.2, 0.25) is 0 Å². The van der Waals surface area contributed by atoms with Crippen molar-refractivity contribution in [1.29, 1.82) is 0 Å². The van der Waals surface area contributed by atoms with Crippen molar-refractivity contribution < 1.29 is 9.18 Å². The minimum Gasteiger partial charge on any atom is -0.336 e. The summed E-state index contributed by atoms with van der Waals surface area (Å²) in [5.41, 5.74) is 0.388. The summed E-state index contributed by atoms with van der Waals surface area (Å²) in [5, 5.41) is 3.26. The first-order valence-corrected chi connectivity index (χ1v) is 6.35. The summed E-state index contributed by atoms with van der Waals surface area (Å²) < 4.78 is 13.8. The van der Waals surface area contributed by atoms with Crippen LogP contribution in [0, 0.1) is 5.82 Å². The molecular formula is C12H14BrFN2O. The van der Waals surface area contributed by atoms with Crippen molar-refractivity contribution in [3.8, 4) is 0 Å². The maximum Gasteiger partial charge on any atom is 0.255 e. The van der Waals surface area contributed by atoms with Gasteiger partial charge in [0.1, 0.15) is 5.82 Å². The minimum absolute atomic E-state index is 0.121. The van der Waals surface area contributed by atoms with Crippen molar-refractivity contribution in [3.05, 3.63) is 34.1 Å². The molecule has 3 nitrogen and oxygen atoms in total. The minimum atomic E-state index is -0.389. The number of piperazine rings is 1. The molecular weight excluding hydrogens is 287 g/mol. The van der Waals surface area contributed by atoms with E-state index in [0.29, 0.717) is 23.1 Å². The fourth-order valence-corrected chi connectivity index (χ4v) is 2.36. The molecule has 1 amide bonds. The molecule has 1 aromatic carbocycles.